The third-order valence-electron chi connectivity index (χ3n) is 4.56. The maximum atomic E-state index is 12.7. The van der Waals surface area contributed by atoms with Crippen LogP contribution in [0.5, 0.6) is 5.75 Å². The number of carbonyl (C=O) groups excluding carboxylic acids is 1. The molecule has 0 saturated carbocycles. The van der Waals surface area contributed by atoms with Crippen LogP contribution in [-0.2, 0) is 0 Å². The summed E-state index contributed by atoms with van der Waals surface area (Å²) in [7, 11) is 1.66. The van der Waals surface area contributed by atoms with Crippen LogP contribution in [-0.4, -0.2) is 37.0 Å². The van der Waals surface area contributed by atoms with Crippen molar-refractivity contribution in [2.75, 3.05) is 25.5 Å². The van der Waals surface area contributed by atoms with E-state index in [1.54, 1.807) is 13.2 Å². The second-order valence-electron chi connectivity index (χ2n) is 6.29. The molecule has 1 fully saturated rings. The number of hydrogen-bond donors (Lipinski definition) is 1. The highest BCUT2D eigenvalue weighted by molar-refractivity contribution is 5.94. The Morgan fingerprint density at radius 3 is 2.56 bits per heavy atom. The standard InChI is InChI=1S/C21H24N2O2/c1-3-16-6-8-17(9-7-16)21(24)23-14-4-5-19(15-23)22-18-10-12-20(25-2)13-11-18/h3,6-13,19,22H,1,4-5,14-15H2,2H3. The lowest BCUT2D eigenvalue weighted by molar-refractivity contribution is 0.0715. The van der Waals surface area contributed by atoms with Crippen molar-refractivity contribution in [3.63, 3.8) is 0 Å². The summed E-state index contributed by atoms with van der Waals surface area (Å²) >= 11 is 0. The first-order valence-electron chi connectivity index (χ1n) is 8.62. The third-order valence-corrected chi connectivity index (χ3v) is 4.56. The van der Waals surface area contributed by atoms with Crippen molar-refractivity contribution in [3.05, 3.63) is 66.2 Å². The van der Waals surface area contributed by atoms with Crippen LogP contribution in [0.1, 0.15) is 28.8 Å². The largest absolute Gasteiger partial charge is 0.497 e. The third kappa shape index (κ3) is 4.21. The average molecular weight is 336 g/mol. The van der Waals surface area contributed by atoms with E-state index in [1.807, 2.05) is 53.4 Å². The van der Waals surface area contributed by atoms with Gasteiger partial charge in [0.15, 0.2) is 0 Å². The fourth-order valence-electron chi connectivity index (χ4n) is 3.15. The van der Waals surface area contributed by atoms with Crippen LogP contribution < -0.4 is 10.1 Å². The highest BCUT2D eigenvalue weighted by Gasteiger charge is 2.24. The molecule has 0 aromatic heterocycles. The van der Waals surface area contributed by atoms with E-state index in [9.17, 15) is 4.79 Å². The van der Waals surface area contributed by atoms with Gasteiger partial charge in [-0.3, -0.25) is 4.79 Å². The highest BCUT2D eigenvalue weighted by atomic mass is 16.5. The van der Waals surface area contributed by atoms with E-state index in [4.69, 9.17) is 4.74 Å². The molecule has 3 rings (SSSR count). The summed E-state index contributed by atoms with van der Waals surface area (Å²) in [5.74, 6) is 0.936. The molecule has 1 unspecified atom stereocenters. The van der Waals surface area contributed by atoms with Gasteiger partial charge in [-0.05, 0) is 54.8 Å². The lowest BCUT2D eigenvalue weighted by atomic mass is 10.0. The molecule has 130 valence electrons. The van der Waals surface area contributed by atoms with Gasteiger partial charge in [-0.25, -0.2) is 0 Å². The van der Waals surface area contributed by atoms with Crippen molar-refractivity contribution < 1.29 is 9.53 Å². The number of methoxy groups -OCH3 is 1. The van der Waals surface area contributed by atoms with Gasteiger partial charge in [-0.15, -0.1) is 0 Å². The lowest BCUT2D eigenvalue weighted by Gasteiger charge is -2.33. The molecule has 0 bridgehead atoms. The summed E-state index contributed by atoms with van der Waals surface area (Å²) in [6.45, 7) is 5.27. The Hall–Kier alpha value is -2.75. The maximum Gasteiger partial charge on any atom is 0.253 e. The first-order chi connectivity index (χ1) is 12.2. The molecule has 2 aromatic carbocycles. The Balaban J connectivity index is 1.63. The summed E-state index contributed by atoms with van der Waals surface area (Å²) in [5, 5.41) is 3.52. The van der Waals surface area contributed by atoms with Crippen molar-refractivity contribution in [2.24, 2.45) is 0 Å². The van der Waals surface area contributed by atoms with Crippen LogP contribution in [0, 0.1) is 0 Å². The van der Waals surface area contributed by atoms with Crippen LogP contribution in [0.25, 0.3) is 6.08 Å². The smallest absolute Gasteiger partial charge is 0.253 e. The van der Waals surface area contributed by atoms with E-state index < -0.39 is 0 Å². The normalized spacial score (nSPS) is 17.0. The molecule has 1 N–H and O–H groups in total. The van der Waals surface area contributed by atoms with Gasteiger partial charge in [0, 0.05) is 30.4 Å². The van der Waals surface area contributed by atoms with E-state index in [2.05, 4.69) is 11.9 Å². The quantitative estimate of drug-likeness (QED) is 0.895. The molecule has 1 aliphatic rings. The summed E-state index contributed by atoms with van der Waals surface area (Å²) in [4.78, 5) is 14.7. The number of nitrogens with zero attached hydrogens (tertiary/aromatic N) is 1. The van der Waals surface area contributed by atoms with Gasteiger partial charge in [0.1, 0.15) is 5.75 Å². The molecule has 4 nitrogen and oxygen atoms in total. The van der Waals surface area contributed by atoms with Crippen molar-refractivity contribution in [3.8, 4) is 5.75 Å². The predicted octanol–water partition coefficient (Wildman–Crippen LogP) is 4.05. The van der Waals surface area contributed by atoms with Gasteiger partial charge in [0.05, 0.1) is 7.11 Å². The van der Waals surface area contributed by atoms with E-state index in [0.717, 1.165) is 42.0 Å². The first-order valence-corrected chi connectivity index (χ1v) is 8.62. The zero-order valence-electron chi connectivity index (χ0n) is 14.6. The maximum absolute atomic E-state index is 12.7. The van der Waals surface area contributed by atoms with Crippen LogP contribution in [0.2, 0.25) is 0 Å². The number of amides is 1. The Morgan fingerprint density at radius 2 is 1.92 bits per heavy atom. The van der Waals surface area contributed by atoms with E-state index in [1.165, 1.54) is 0 Å². The number of likely N-dealkylation sites (tertiary alicyclic amines) is 1. The first kappa shape index (κ1) is 17.1. The zero-order chi connectivity index (χ0) is 17.6. The SMILES string of the molecule is C=Cc1ccc(C(=O)N2CCCC(Nc3ccc(OC)cc3)C2)cc1. The topological polar surface area (TPSA) is 41.6 Å². The molecule has 25 heavy (non-hydrogen) atoms. The second-order valence-corrected chi connectivity index (χ2v) is 6.29. The van der Waals surface area contributed by atoms with Crippen LogP contribution in [0.4, 0.5) is 5.69 Å². The number of rotatable bonds is 5. The number of nitrogens with one attached hydrogen (secondary N) is 1. The number of carbonyl (C=O) groups is 1. The summed E-state index contributed by atoms with van der Waals surface area (Å²) in [6.07, 6.45) is 3.85. The molecule has 4 heteroatoms. The van der Waals surface area contributed by atoms with Gasteiger partial charge < -0.3 is 15.0 Å². The minimum absolute atomic E-state index is 0.0943. The number of hydrogen-bond acceptors (Lipinski definition) is 3. The Kier molecular flexibility index (Phi) is 5.39. The van der Waals surface area contributed by atoms with Gasteiger partial charge in [0.25, 0.3) is 5.91 Å². The van der Waals surface area contributed by atoms with Gasteiger partial charge >= 0.3 is 0 Å². The summed E-state index contributed by atoms with van der Waals surface area (Å²) in [5.41, 5.74) is 2.81. The monoisotopic (exact) mass is 336 g/mol. The second kappa shape index (κ2) is 7.88. The fourth-order valence-corrected chi connectivity index (χ4v) is 3.15. The van der Waals surface area contributed by atoms with Gasteiger partial charge in [-0.1, -0.05) is 24.8 Å². The van der Waals surface area contributed by atoms with Crippen molar-refractivity contribution in [1.29, 1.82) is 0 Å². The van der Waals surface area contributed by atoms with Crippen LogP contribution in [0.3, 0.4) is 0 Å². The van der Waals surface area contributed by atoms with Gasteiger partial charge in [0.2, 0.25) is 0 Å². The highest BCUT2D eigenvalue weighted by Crippen LogP contribution is 2.20. The van der Waals surface area contributed by atoms with Crippen LogP contribution in [0.15, 0.2) is 55.1 Å². The number of anilines is 1. The Bertz CT molecular complexity index is 723. The predicted molar refractivity (Wildman–Crippen MR) is 102 cm³/mol. The van der Waals surface area contributed by atoms with Crippen molar-refractivity contribution in [2.45, 2.75) is 18.9 Å². The summed E-state index contributed by atoms with van der Waals surface area (Å²) < 4.78 is 5.19. The minimum Gasteiger partial charge on any atom is -0.497 e. The van der Waals surface area contributed by atoms with Crippen molar-refractivity contribution in [1.82, 2.24) is 4.90 Å². The van der Waals surface area contributed by atoms with E-state index >= 15 is 0 Å². The average Bonchev–Trinajstić information content (AvgIpc) is 2.68. The molecule has 1 amide bonds. The fraction of sp³-hybridized carbons (Fsp3) is 0.286. The minimum atomic E-state index is 0.0943. The molecule has 1 aliphatic heterocycles. The lowest BCUT2D eigenvalue weighted by Crippen LogP contribution is -2.45. The van der Waals surface area contributed by atoms with Gasteiger partial charge in [-0.2, -0.15) is 0 Å². The summed E-state index contributed by atoms with van der Waals surface area (Å²) in [6, 6.07) is 15.8. The molecular weight excluding hydrogens is 312 g/mol. The molecule has 0 spiro atoms. The van der Waals surface area contributed by atoms with E-state index in [0.29, 0.717) is 6.54 Å². The Labute approximate surface area is 149 Å². The molecule has 0 radical (unpaired) electrons. The molecular formula is C21H24N2O2. The number of benzene rings is 2. The zero-order valence-corrected chi connectivity index (χ0v) is 14.6. The van der Waals surface area contributed by atoms with Crippen LogP contribution >= 0.6 is 0 Å². The molecule has 1 saturated heterocycles. The van der Waals surface area contributed by atoms with Crippen molar-refractivity contribution >= 4 is 17.7 Å². The Morgan fingerprint density at radius 1 is 1.20 bits per heavy atom. The molecule has 1 heterocycles. The number of ether oxygens (including phenoxy) is 1. The molecule has 1 atom stereocenters. The van der Waals surface area contributed by atoms with E-state index in [-0.39, 0.29) is 11.9 Å². The molecule has 2 aromatic rings. The number of piperidine rings is 1. The molecule has 0 aliphatic carbocycles.